The Morgan fingerprint density at radius 3 is 2.75 bits per heavy atom. The van der Waals surface area contributed by atoms with E-state index < -0.39 is 5.97 Å². The zero-order valence-corrected chi connectivity index (χ0v) is 12.6. The normalized spacial score (nSPS) is 10.9. The number of carbonyl (C=O) groups is 1. The lowest BCUT2D eigenvalue weighted by Crippen LogP contribution is -2.29. The van der Waals surface area contributed by atoms with Gasteiger partial charge in [-0.2, -0.15) is 0 Å². The van der Waals surface area contributed by atoms with E-state index >= 15 is 0 Å². The highest BCUT2D eigenvalue weighted by molar-refractivity contribution is 9.10. The zero-order chi connectivity index (χ0) is 14.5. The quantitative estimate of drug-likeness (QED) is 0.877. The molecule has 0 aliphatic carbocycles. The minimum atomic E-state index is -0.875. The first kappa shape index (κ1) is 14.7. The third kappa shape index (κ3) is 4.18. The average Bonchev–Trinajstić information content (AvgIpc) is 2.77. The van der Waals surface area contributed by atoms with Gasteiger partial charge in [0.15, 0.2) is 0 Å². The molecule has 2 rings (SSSR count). The molecule has 0 bridgehead atoms. The van der Waals surface area contributed by atoms with Crippen molar-refractivity contribution in [2.75, 3.05) is 6.54 Å². The number of hydrogen-bond acceptors (Lipinski definition) is 4. The maximum Gasteiger partial charge on any atom is 0.317 e. The molecule has 0 saturated carbocycles. The van der Waals surface area contributed by atoms with Crippen LogP contribution in [0.2, 0.25) is 0 Å². The first-order valence-corrected chi connectivity index (χ1v) is 6.93. The minimum absolute atomic E-state index is 0.0667. The van der Waals surface area contributed by atoms with Gasteiger partial charge >= 0.3 is 5.97 Å². The fourth-order valence-corrected chi connectivity index (χ4v) is 2.30. The summed E-state index contributed by atoms with van der Waals surface area (Å²) in [6.07, 6.45) is 1.63. The van der Waals surface area contributed by atoms with Crippen LogP contribution in [0.4, 0.5) is 0 Å². The molecule has 0 atom stereocenters. The number of halogens is 1. The van der Waals surface area contributed by atoms with Crippen LogP contribution in [0.5, 0.6) is 0 Å². The van der Waals surface area contributed by atoms with Crippen LogP contribution in [0.1, 0.15) is 17.2 Å². The molecule has 1 heterocycles. The number of hydrogen-bond donors (Lipinski definition) is 1. The Balaban J connectivity index is 2.11. The van der Waals surface area contributed by atoms with E-state index in [0.717, 1.165) is 15.8 Å². The second-order valence-electron chi connectivity index (χ2n) is 4.49. The molecule has 5 nitrogen and oxygen atoms in total. The van der Waals surface area contributed by atoms with E-state index in [2.05, 4.69) is 20.9 Å². The largest absolute Gasteiger partial charge is 0.480 e. The fourth-order valence-electron chi connectivity index (χ4n) is 1.89. The predicted molar refractivity (Wildman–Crippen MR) is 77.1 cm³/mol. The Kier molecular flexibility index (Phi) is 4.92. The summed E-state index contributed by atoms with van der Waals surface area (Å²) >= 11 is 3.47. The van der Waals surface area contributed by atoms with Gasteiger partial charge < -0.3 is 9.52 Å². The second-order valence-corrected chi connectivity index (χ2v) is 5.35. The van der Waals surface area contributed by atoms with Crippen molar-refractivity contribution in [1.29, 1.82) is 0 Å². The molecule has 0 amide bonds. The summed E-state index contributed by atoms with van der Waals surface area (Å²) in [5.41, 5.74) is 1.03. The molecule has 0 aliphatic rings. The summed E-state index contributed by atoms with van der Waals surface area (Å²) in [5.74, 6) is 0.368. The van der Waals surface area contributed by atoms with Crippen LogP contribution in [0.15, 0.2) is 39.4 Å². The summed E-state index contributed by atoms with van der Waals surface area (Å²) < 4.78 is 6.36. The van der Waals surface area contributed by atoms with E-state index in [-0.39, 0.29) is 6.54 Å². The summed E-state index contributed by atoms with van der Waals surface area (Å²) in [6.45, 7) is 2.62. The predicted octanol–water partition coefficient (Wildman–Crippen LogP) is 2.83. The van der Waals surface area contributed by atoms with Gasteiger partial charge in [-0.25, -0.2) is 4.98 Å². The number of nitrogens with zero attached hydrogens (tertiary/aromatic N) is 2. The van der Waals surface area contributed by atoms with Crippen molar-refractivity contribution in [2.45, 2.75) is 20.0 Å². The van der Waals surface area contributed by atoms with Crippen LogP contribution in [-0.2, 0) is 17.9 Å². The second kappa shape index (κ2) is 6.67. The van der Waals surface area contributed by atoms with E-state index in [1.165, 1.54) is 0 Å². The summed E-state index contributed by atoms with van der Waals surface area (Å²) in [7, 11) is 0. The maximum atomic E-state index is 11.0. The molecule has 0 saturated heterocycles. The van der Waals surface area contributed by atoms with Gasteiger partial charge in [-0.05, 0) is 18.6 Å². The maximum absolute atomic E-state index is 11.0. The highest BCUT2D eigenvalue weighted by atomic mass is 79.9. The molecule has 2 aromatic rings. The highest BCUT2D eigenvalue weighted by Gasteiger charge is 2.15. The number of oxazole rings is 1. The van der Waals surface area contributed by atoms with E-state index in [0.29, 0.717) is 19.0 Å². The molecule has 6 heteroatoms. The van der Waals surface area contributed by atoms with Crippen molar-refractivity contribution in [2.24, 2.45) is 0 Å². The molecule has 1 N–H and O–H groups in total. The fraction of sp³-hybridized carbons (Fsp3) is 0.286. The van der Waals surface area contributed by atoms with Gasteiger partial charge in [0.2, 0.25) is 5.89 Å². The highest BCUT2D eigenvalue weighted by Crippen LogP contribution is 2.18. The third-order valence-electron chi connectivity index (χ3n) is 2.74. The molecule has 20 heavy (non-hydrogen) atoms. The van der Waals surface area contributed by atoms with E-state index in [9.17, 15) is 4.79 Å². The van der Waals surface area contributed by atoms with Crippen LogP contribution in [0, 0.1) is 6.92 Å². The standard InChI is InChI=1S/C14H15BrN2O3/c1-10-6-16-13(20-10)8-17(9-14(18)19)7-11-4-2-3-5-12(11)15/h2-6H,7-9H2,1H3,(H,18,19). The minimum Gasteiger partial charge on any atom is -0.480 e. The van der Waals surface area contributed by atoms with Gasteiger partial charge in [0.05, 0.1) is 19.3 Å². The van der Waals surface area contributed by atoms with Gasteiger partial charge in [-0.15, -0.1) is 0 Å². The molecule has 106 valence electrons. The summed E-state index contributed by atoms with van der Waals surface area (Å²) in [6, 6.07) is 7.74. The lowest BCUT2D eigenvalue weighted by atomic mass is 10.2. The molecular formula is C14H15BrN2O3. The number of rotatable bonds is 6. The molecule has 0 radical (unpaired) electrons. The van der Waals surface area contributed by atoms with E-state index in [1.807, 2.05) is 31.2 Å². The van der Waals surface area contributed by atoms with Crippen molar-refractivity contribution >= 4 is 21.9 Å². The van der Waals surface area contributed by atoms with Crippen molar-refractivity contribution in [3.63, 3.8) is 0 Å². The molecule has 1 aromatic heterocycles. The monoisotopic (exact) mass is 338 g/mol. The SMILES string of the molecule is Cc1cnc(CN(CC(=O)O)Cc2ccccc2Br)o1. The Morgan fingerprint density at radius 2 is 2.15 bits per heavy atom. The number of carboxylic acid groups (broad SMARTS) is 1. The third-order valence-corrected chi connectivity index (χ3v) is 3.51. The van der Waals surface area contributed by atoms with Crippen LogP contribution >= 0.6 is 15.9 Å². The number of aliphatic carboxylic acids is 1. The van der Waals surface area contributed by atoms with Gasteiger partial charge in [0, 0.05) is 11.0 Å². The van der Waals surface area contributed by atoms with Crippen molar-refractivity contribution in [3.8, 4) is 0 Å². The van der Waals surface area contributed by atoms with Crippen LogP contribution in [0.3, 0.4) is 0 Å². The number of aromatic nitrogens is 1. The van der Waals surface area contributed by atoms with Gasteiger partial charge in [0.1, 0.15) is 5.76 Å². The molecule has 1 aromatic carbocycles. The van der Waals surface area contributed by atoms with E-state index in [1.54, 1.807) is 11.1 Å². The first-order chi connectivity index (χ1) is 9.54. The van der Waals surface area contributed by atoms with E-state index in [4.69, 9.17) is 9.52 Å². The molecule has 0 spiro atoms. The van der Waals surface area contributed by atoms with Gasteiger partial charge in [-0.1, -0.05) is 34.1 Å². The van der Waals surface area contributed by atoms with Crippen molar-refractivity contribution < 1.29 is 14.3 Å². The van der Waals surface area contributed by atoms with Crippen molar-refractivity contribution in [3.05, 3.63) is 52.1 Å². The smallest absolute Gasteiger partial charge is 0.317 e. The first-order valence-electron chi connectivity index (χ1n) is 6.13. The van der Waals surface area contributed by atoms with Gasteiger partial charge in [0.25, 0.3) is 0 Å². The number of aryl methyl sites for hydroxylation is 1. The molecule has 0 unspecified atom stereocenters. The van der Waals surface area contributed by atoms with Crippen molar-refractivity contribution in [1.82, 2.24) is 9.88 Å². The van der Waals surface area contributed by atoms with Crippen LogP contribution in [-0.4, -0.2) is 27.5 Å². The lowest BCUT2D eigenvalue weighted by molar-refractivity contribution is -0.138. The van der Waals surface area contributed by atoms with Gasteiger partial charge in [-0.3, -0.25) is 9.69 Å². The summed E-state index contributed by atoms with van der Waals surface area (Å²) in [4.78, 5) is 16.9. The average molecular weight is 339 g/mol. The Hall–Kier alpha value is -1.66. The zero-order valence-electron chi connectivity index (χ0n) is 11.0. The number of carboxylic acids is 1. The number of benzene rings is 1. The molecular weight excluding hydrogens is 324 g/mol. The Morgan fingerprint density at radius 1 is 1.40 bits per heavy atom. The summed E-state index contributed by atoms with van der Waals surface area (Å²) in [5, 5.41) is 9.01. The topological polar surface area (TPSA) is 66.6 Å². The molecule has 0 aliphatic heterocycles. The molecule has 0 fully saturated rings. The van der Waals surface area contributed by atoms with Crippen LogP contribution < -0.4 is 0 Å². The Labute approximate surface area is 125 Å². The lowest BCUT2D eigenvalue weighted by Gasteiger charge is -2.19. The van der Waals surface area contributed by atoms with Crippen LogP contribution in [0.25, 0.3) is 0 Å². The Bertz CT molecular complexity index is 598.